The number of methoxy groups -OCH3 is 1. The molecule has 0 atom stereocenters. The Morgan fingerprint density at radius 1 is 1.62 bits per heavy atom. The Bertz CT molecular complexity index is 226. The van der Waals surface area contributed by atoms with Crippen molar-refractivity contribution in [2.45, 2.75) is 39.5 Å². The lowest BCUT2D eigenvalue weighted by Crippen LogP contribution is -2.17. The van der Waals surface area contributed by atoms with Gasteiger partial charge < -0.3 is 4.74 Å². The number of rotatable bonds is 2. The fraction of sp³-hybridized carbons (Fsp3) is 0.727. The molecule has 0 aromatic carbocycles. The van der Waals surface area contributed by atoms with Crippen LogP contribution in [0.25, 0.3) is 0 Å². The lowest BCUT2D eigenvalue weighted by atomic mass is 9.77. The zero-order valence-corrected chi connectivity index (χ0v) is 8.72. The second kappa shape index (κ2) is 3.95. The van der Waals surface area contributed by atoms with E-state index in [0.717, 1.165) is 12.8 Å². The summed E-state index contributed by atoms with van der Waals surface area (Å²) in [6.07, 6.45) is 6.00. The van der Waals surface area contributed by atoms with Gasteiger partial charge in [-0.15, -0.1) is 0 Å². The molecule has 0 saturated carbocycles. The number of carbonyl (C=O) groups is 1. The van der Waals surface area contributed by atoms with Crippen molar-refractivity contribution in [1.82, 2.24) is 0 Å². The van der Waals surface area contributed by atoms with Gasteiger partial charge in [-0.3, -0.25) is 4.79 Å². The summed E-state index contributed by atoms with van der Waals surface area (Å²) in [7, 11) is 1.44. The first-order chi connectivity index (χ1) is 6.03. The van der Waals surface area contributed by atoms with E-state index < -0.39 is 0 Å². The van der Waals surface area contributed by atoms with Gasteiger partial charge in [-0.2, -0.15) is 0 Å². The maximum atomic E-state index is 11.0. The Morgan fingerprint density at radius 2 is 2.31 bits per heavy atom. The number of carbonyl (C=O) groups excluding carboxylic acids is 1. The number of esters is 1. The summed E-state index contributed by atoms with van der Waals surface area (Å²) < 4.78 is 4.64. The Balaban J connectivity index is 2.52. The van der Waals surface area contributed by atoms with Crippen molar-refractivity contribution in [2.24, 2.45) is 5.41 Å². The molecule has 74 valence electrons. The van der Waals surface area contributed by atoms with Gasteiger partial charge in [-0.1, -0.05) is 25.5 Å². The van der Waals surface area contributed by atoms with E-state index >= 15 is 0 Å². The zero-order chi connectivity index (χ0) is 9.90. The molecule has 0 aliphatic heterocycles. The first-order valence-corrected chi connectivity index (χ1v) is 4.78. The largest absolute Gasteiger partial charge is 0.469 e. The molecule has 2 nitrogen and oxygen atoms in total. The van der Waals surface area contributed by atoms with Crippen LogP contribution in [-0.4, -0.2) is 13.1 Å². The maximum Gasteiger partial charge on any atom is 0.309 e. The van der Waals surface area contributed by atoms with Gasteiger partial charge in [0.1, 0.15) is 0 Å². The Labute approximate surface area is 80.0 Å². The topological polar surface area (TPSA) is 26.3 Å². The Kier molecular flexibility index (Phi) is 3.12. The van der Waals surface area contributed by atoms with Crippen molar-refractivity contribution < 1.29 is 9.53 Å². The van der Waals surface area contributed by atoms with E-state index in [2.05, 4.69) is 24.7 Å². The smallest absolute Gasteiger partial charge is 0.309 e. The van der Waals surface area contributed by atoms with E-state index in [-0.39, 0.29) is 5.97 Å². The fourth-order valence-electron chi connectivity index (χ4n) is 1.83. The highest BCUT2D eigenvalue weighted by atomic mass is 16.5. The molecule has 0 unspecified atom stereocenters. The van der Waals surface area contributed by atoms with E-state index in [1.807, 2.05) is 0 Å². The zero-order valence-electron chi connectivity index (χ0n) is 8.72. The van der Waals surface area contributed by atoms with Crippen LogP contribution in [0.4, 0.5) is 0 Å². The van der Waals surface area contributed by atoms with Crippen LogP contribution in [0, 0.1) is 5.41 Å². The highest BCUT2D eigenvalue weighted by Crippen LogP contribution is 2.36. The van der Waals surface area contributed by atoms with Crippen LogP contribution in [0.5, 0.6) is 0 Å². The molecule has 0 aromatic heterocycles. The minimum Gasteiger partial charge on any atom is -0.469 e. The van der Waals surface area contributed by atoms with E-state index in [1.165, 1.54) is 19.1 Å². The third-order valence-corrected chi connectivity index (χ3v) is 2.56. The van der Waals surface area contributed by atoms with Gasteiger partial charge in [0.05, 0.1) is 13.5 Å². The Morgan fingerprint density at radius 3 is 2.85 bits per heavy atom. The molecular weight excluding hydrogens is 164 g/mol. The predicted octanol–water partition coefficient (Wildman–Crippen LogP) is 2.69. The first-order valence-electron chi connectivity index (χ1n) is 4.78. The van der Waals surface area contributed by atoms with Crippen molar-refractivity contribution in [2.75, 3.05) is 7.11 Å². The summed E-state index contributed by atoms with van der Waals surface area (Å²) in [6.45, 7) is 4.49. The number of ether oxygens (including phenoxy) is 1. The molecule has 2 heteroatoms. The van der Waals surface area contributed by atoms with E-state index in [0.29, 0.717) is 11.8 Å². The standard InChI is InChI=1S/C11H18O2/c1-11(2)6-4-5-9(8-11)7-10(12)13-3/h5H,4,6-8H2,1-3H3. The summed E-state index contributed by atoms with van der Waals surface area (Å²) in [6, 6.07) is 0. The average Bonchev–Trinajstić information content (AvgIpc) is 2.02. The summed E-state index contributed by atoms with van der Waals surface area (Å²) in [5, 5.41) is 0. The fourth-order valence-corrected chi connectivity index (χ4v) is 1.83. The SMILES string of the molecule is COC(=O)CC1=CCCC(C)(C)C1. The van der Waals surface area contributed by atoms with Crippen LogP contribution < -0.4 is 0 Å². The lowest BCUT2D eigenvalue weighted by Gasteiger charge is -2.29. The molecule has 0 saturated heterocycles. The monoisotopic (exact) mass is 182 g/mol. The van der Waals surface area contributed by atoms with Gasteiger partial charge >= 0.3 is 5.97 Å². The molecule has 0 aromatic rings. The van der Waals surface area contributed by atoms with Crippen molar-refractivity contribution in [3.05, 3.63) is 11.6 Å². The molecule has 1 rings (SSSR count). The van der Waals surface area contributed by atoms with Gasteiger partial charge in [-0.25, -0.2) is 0 Å². The molecule has 1 aliphatic carbocycles. The third kappa shape index (κ3) is 3.21. The van der Waals surface area contributed by atoms with Gasteiger partial charge in [0.2, 0.25) is 0 Å². The molecule has 13 heavy (non-hydrogen) atoms. The Hall–Kier alpha value is -0.790. The molecule has 0 heterocycles. The maximum absolute atomic E-state index is 11.0. The number of hydrogen-bond donors (Lipinski definition) is 0. The van der Waals surface area contributed by atoms with Crippen molar-refractivity contribution in [1.29, 1.82) is 0 Å². The first kappa shape index (κ1) is 10.3. The second-order valence-electron chi connectivity index (χ2n) is 4.49. The molecule has 0 bridgehead atoms. The molecule has 0 N–H and O–H groups in total. The average molecular weight is 182 g/mol. The molecule has 0 radical (unpaired) electrons. The van der Waals surface area contributed by atoms with E-state index in [1.54, 1.807) is 0 Å². The minimum atomic E-state index is -0.121. The van der Waals surface area contributed by atoms with Crippen molar-refractivity contribution >= 4 is 5.97 Å². The van der Waals surface area contributed by atoms with Gasteiger partial charge in [0.25, 0.3) is 0 Å². The van der Waals surface area contributed by atoms with Crippen molar-refractivity contribution in [3.63, 3.8) is 0 Å². The molecular formula is C11H18O2. The molecule has 0 amide bonds. The predicted molar refractivity (Wildman–Crippen MR) is 52.3 cm³/mol. The van der Waals surface area contributed by atoms with Crippen LogP contribution in [0.3, 0.4) is 0 Å². The van der Waals surface area contributed by atoms with Gasteiger partial charge in [-0.05, 0) is 24.7 Å². The highest BCUT2D eigenvalue weighted by Gasteiger charge is 2.23. The normalized spacial score (nSPS) is 20.7. The summed E-state index contributed by atoms with van der Waals surface area (Å²) in [5.74, 6) is -0.121. The lowest BCUT2D eigenvalue weighted by molar-refractivity contribution is -0.139. The van der Waals surface area contributed by atoms with E-state index in [9.17, 15) is 4.79 Å². The molecule has 1 aliphatic rings. The van der Waals surface area contributed by atoms with Crippen molar-refractivity contribution in [3.8, 4) is 0 Å². The van der Waals surface area contributed by atoms with Crippen LogP contribution in [0.15, 0.2) is 11.6 Å². The third-order valence-electron chi connectivity index (χ3n) is 2.56. The van der Waals surface area contributed by atoms with Crippen LogP contribution >= 0.6 is 0 Å². The van der Waals surface area contributed by atoms with Gasteiger partial charge in [0.15, 0.2) is 0 Å². The van der Waals surface area contributed by atoms with E-state index in [4.69, 9.17) is 0 Å². The molecule has 0 spiro atoms. The van der Waals surface area contributed by atoms with Crippen LogP contribution in [0.1, 0.15) is 39.5 Å². The summed E-state index contributed by atoms with van der Waals surface area (Å²) >= 11 is 0. The van der Waals surface area contributed by atoms with Crippen LogP contribution in [-0.2, 0) is 9.53 Å². The quantitative estimate of drug-likeness (QED) is 0.485. The number of allylic oxidation sites excluding steroid dienone is 1. The second-order valence-corrected chi connectivity index (χ2v) is 4.49. The highest BCUT2D eigenvalue weighted by molar-refractivity contribution is 5.72. The summed E-state index contributed by atoms with van der Waals surface area (Å²) in [4.78, 5) is 11.0. The summed E-state index contributed by atoms with van der Waals surface area (Å²) in [5.41, 5.74) is 1.60. The molecule has 0 fully saturated rings. The van der Waals surface area contributed by atoms with Crippen LogP contribution in [0.2, 0.25) is 0 Å². The van der Waals surface area contributed by atoms with Gasteiger partial charge in [0, 0.05) is 0 Å². The minimum absolute atomic E-state index is 0.121. The number of hydrogen-bond acceptors (Lipinski definition) is 2.